The molecule has 2 aliphatic heterocycles. The van der Waals surface area contributed by atoms with E-state index >= 15 is 0 Å². The van der Waals surface area contributed by atoms with Crippen LogP contribution in [0.25, 0.3) is 0 Å². The second kappa shape index (κ2) is 10.4. The summed E-state index contributed by atoms with van der Waals surface area (Å²) < 4.78 is 8.65. The zero-order valence-corrected chi connectivity index (χ0v) is 21.0. The summed E-state index contributed by atoms with van der Waals surface area (Å²) in [5.41, 5.74) is 6.55. The first-order chi connectivity index (χ1) is 14.4. The van der Waals surface area contributed by atoms with E-state index in [0.29, 0.717) is 6.42 Å². The minimum atomic E-state index is -2.20. The molecule has 0 saturated carbocycles. The van der Waals surface area contributed by atoms with Crippen LogP contribution in [0.3, 0.4) is 0 Å². The van der Waals surface area contributed by atoms with Crippen LogP contribution in [0.5, 0.6) is 5.75 Å². The van der Waals surface area contributed by atoms with Gasteiger partial charge in [0.25, 0.3) is 0 Å². The molecule has 7 nitrogen and oxygen atoms in total. The van der Waals surface area contributed by atoms with Crippen LogP contribution in [-0.2, 0) is 4.79 Å². The number of nitrogens with one attached hydrogen (secondary N) is 1. The Hall–Kier alpha value is -1.96. The van der Waals surface area contributed by atoms with E-state index in [-0.39, 0.29) is 15.6 Å². The number of allylic oxidation sites excluding steroid dienone is 2. The first-order valence-electron chi connectivity index (χ1n) is 10.6. The van der Waals surface area contributed by atoms with Gasteiger partial charge >= 0.3 is 173 Å². The maximum atomic E-state index is 12.0. The van der Waals surface area contributed by atoms with Crippen molar-refractivity contribution in [2.75, 3.05) is 13.1 Å². The molecule has 8 heteroatoms. The molecule has 3 rings (SSSR count). The predicted octanol–water partition coefficient (Wildman–Crippen LogP) is 3.39. The normalized spacial score (nSPS) is 21.0. The average molecular weight is 514 g/mol. The summed E-state index contributed by atoms with van der Waals surface area (Å²) in [6.45, 7) is 5.59. The van der Waals surface area contributed by atoms with Gasteiger partial charge in [0, 0.05) is 6.21 Å². The third kappa shape index (κ3) is 5.59. The molecule has 1 fully saturated rings. The Morgan fingerprint density at radius 1 is 1.47 bits per heavy atom. The van der Waals surface area contributed by atoms with E-state index in [1.807, 2.05) is 43.1 Å². The monoisotopic (exact) mass is 514 g/mol. The van der Waals surface area contributed by atoms with Gasteiger partial charge in [-0.25, -0.2) is 0 Å². The molecule has 160 valence electrons. The zero-order chi connectivity index (χ0) is 21.7. The summed E-state index contributed by atoms with van der Waals surface area (Å²) in [4.78, 5) is 12.0. The maximum absolute atomic E-state index is 12.0. The van der Waals surface area contributed by atoms with Crippen LogP contribution in [0.1, 0.15) is 44.6 Å². The summed E-state index contributed by atoms with van der Waals surface area (Å²) in [5.74, 6) is -0.354. The van der Waals surface area contributed by atoms with Crippen molar-refractivity contribution in [1.82, 2.24) is 5.01 Å². The first kappa shape index (κ1) is 22.7. The van der Waals surface area contributed by atoms with Gasteiger partial charge in [0.2, 0.25) is 0 Å². The van der Waals surface area contributed by atoms with Crippen LogP contribution in [0.4, 0.5) is 0 Å². The molecule has 0 bridgehead atoms. The summed E-state index contributed by atoms with van der Waals surface area (Å²) in [5, 5.41) is 24.0. The molecule has 3 atom stereocenters. The Bertz CT molecular complexity index is 824. The van der Waals surface area contributed by atoms with E-state index in [1.54, 1.807) is 6.21 Å². The van der Waals surface area contributed by atoms with Crippen molar-refractivity contribution < 1.29 is 14.6 Å². The number of aliphatic carboxylic acids is 1. The van der Waals surface area contributed by atoms with Crippen molar-refractivity contribution in [3.05, 3.63) is 39.2 Å². The van der Waals surface area contributed by atoms with E-state index < -0.39 is 33.3 Å². The first-order valence-corrected chi connectivity index (χ1v) is 16.5. The van der Waals surface area contributed by atoms with E-state index in [9.17, 15) is 9.90 Å². The molecule has 0 radical (unpaired) electrons. The summed E-state index contributed by atoms with van der Waals surface area (Å²) >= 11 is -2.20. The number of amidine groups is 1. The van der Waals surface area contributed by atoms with Crippen LogP contribution in [0.15, 0.2) is 38.8 Å². The van der Waals surface area contributed by atoms with E-state index in [0.717, 1.165) is 41.4 Å². The average Bonchev–Trinajstić information content (AvgIpc) is 3.35. The van der Waals surface area contributed by atoms with Gasteiger partial charge in [-0.3, -0.25) is 0 Å². The van der Waals surface area contributed by atoms with Gasteiger partial charge in [-0.1, -0.05) is 0 Å². The van der Waals surface area contributed by atoms with Gasteiger partial charge in [-0.2, -0.15) is 0 Å². The zero-order valence-electron chi connectivity index (χ0n) is 17.8. The molecule has 1 aromatic carbocycles. The molecule has 30 heavy (non-hydrogen) atoms. The molecule has 0 spiro atoms. The number of hydrogen-bond donors (Lipinski definition) is 3. The van der Waals surface area contributed by atoms with Crippen molar-refractivity contribution in [3.8, 4) is 5.75 Å². The van der Waals surface area contributed by atoms with Crippen LogP contribution < -0.4 is 10.5 Å². The number of carboxylic acids is 1. The number of nitrogens with two attached hydrogens (primary N) is 1. The number of carbonyl (C=O) groups is 1. The topological polar surface area (TPSA) is 112 Å². The molecule has 1 aromatic rings. The Morgan fingerprint density at radius 2 is 2.20 bits per heavy atom. The van der Waals surface area contributed by atoms with Gasteiger partial charge in [0.15, 0.2) is 0 Å². The summed E-state index contributed by atoms with van der Waals surface area (Å²) in [6, 6.07) is 7.50. The van der Waals surface area contributed by atoms with Crippen molar-refractivity contribution in [2.45, 2.75) is 53.0 Å². The fourth-order valence-electron chi connectivity index (χ4n) is 4.44. The number of hydrazone groups is 1. The van der Waals surface area contributed by atoms with E-state index in [4.69, 9.17) is 15.9 Å². The Morgan fingerprint density at radius 3 is 2.83 bits per heavy atom. The molecule has 0 aromatic heterocycles. The summed E-state index contributed by atoms with van der Waals surface area (Å²) in [7, 11) is 0. The number of hydrogen-bond acceptors (Lipinski definition) is 5. The van der Waals surface area contributed by atoms with E-state index in [2.05, 4.69) is 11.2 Å². The van der Waals surface area contributed by atoms with Gasteiger partial charge in [0.1, 0.15) is 0 Å². The molecule has 4 N–H and O–H groups in total. The number of nitrogens with zero attached hydrogens (tertiary/aromatic N) is 2. The molecule has 2 unspecified atom stereocenters. The van der Waals surface area contributed by atoms with Gasteiger partial charge in [-0.05, 0) is 6.92 Å². The van der Waals surface area contributed by atoms with Crippen LogP contribution >= 0.6 is 0 Å². The molecule has 2 heterocycles. The van der Waals surface area contributed by atoms with Crippen molar-refractivity contribution in [2.24, 2.45) is 10.8 Å². The van der Waals surface area contributed by atoms with Gasteiger partial charge in [-0.15, -0.1) is 0 Å². The van der Waals surface area contributed by atoms with Crippen LogP contribution in [0, 0.1) is 5.41 Å². The fourth-order valence-corrected chi connectivity index (χ4v) is 14.4. The SMILES string of the molecule is C/C=N/N1CC[C@H](Oc2ccc(C(C[C]3=CC[CH2][In]3[CH](C)C(=N)N)C(=O)O)cc2)C1. The molecule has 2 aliphatic rings. The standard InChI is InChI=1S/C19H24N2O3.C3H7N2.In/c1-3-5-6-7-18(19(22)23)15-8-10-16(11-9-15)24-17-12-13-21(14-17)20-4-2;1-2-3(4)5;/h4-5,8-11,17-18H,1,3,7,12-14H2,2H3,(H,22,23);2H,1H3,(H3,4,5);/b6-5?,20-4+;;/t17-,18?;;/m0../s1. The van der Waals surface area contributed by atoms with Gasteiger partial charge in [0.05, 0.1) is 0 Å². The van der Waals surface area contributed by atoms with Crippen molar-refractivity contribution in [3.63, 3.8) is 0 Å². The second-order valence-corrected chi connectivity index (χ2v) is 18.3. The molecular formula is C22H31InN4O3. The third-order valence-electron chi connectivity index (χ3n) is 6.18. The molecule has 0 aliphatic carbocycles. The van der Waals surface area contributed by atoms with Gasteiger partial charge < -0.3 is 0 Å². The Balaban J connectivity index is 1.65. The Kier molecular flexibility index (Phi) is 7.86. The molecule has 1 saturated heterocycles. The van der Waals surface area contributed by atoms with Crippen molar-refractivity contribution in [1.29, 1.82) is 5.41 Å². The van der Waals surface area contributed by atoms with Crippen LogP contribution in [-0.4, -0.2) is 68.8 Å². The van der Waals surface area contributed by atoms with Crippen LogP contribution in [0.2, 0.25) is 7.85 Å². The summed E-state index contributed by atoms with van der Waals surface area (Å²) in [6.07, 6.45) is 6.58. The second-order valence-electron chi connectivity index (χ2n) is 8.19. The van der Waals surface area contributed by atoms with Crippen molar-refractivity contribution >= 4 is 39.5 Å². The quantitative estimate of drug-likeness (QED) is 0.346. The fraction of sp³-hybridized carbons (Fsp3) is 0.500. The minimum absolute atomic E-state index is 0.0985. The number of ether oxygens (including phenoxy) is 1. The number of carboxylic acid groups (broad SMARTS) is 1. The Labute approximate surface area is 186 Å². The number of benzene rings is 1. The third-order valence-corrected chi connectivity index (χ3v) is 17.4. The molecule has 0 amide bonds. The van der Waals surface area contributed by atoms with E-state index in [1.165, 1.54) is 3.33 Å². The molecular weight excluding hydrogens is 483 g/mol. The number of rotatable bonds is 9. The predicted molar refractivity (Wildman–Crippen MR) is 121 cm³/mol.